The zero-order valence-electron chi connectivity index (χ0n) is 32.9. The lowest BCUT2D eigenvalue weighted by molar-refractivity contribution is -0.318. The fraction of sp³-hybridized carbons (Fsp3) is 0.946. The summed E-state index contributed by atoms with van der Waals surface area (Å²) in [5.41, 5.74) is -4.84. The molecule has 18 atom stereocenters. The molecule has 14 heteroatoms. The predicted octanol–water partition coefficient (Wildman–Crippen LogP) is 1.79. The van der Waals surface area contributed by atoms with Crippen LogP contribution < -0.4 is 0 Å². The van der Waals surface area contributed by atoms with Crippen LogP contribution in [0.15, 0.2) is 0 Å². The van der Waals surface area contributed by atoms with Crippen LogP contribution in [-0.2, 0) is 38.0 Å². The van der Waals surface area contributed by atoms with Crippen molar-refractivity contribution in [2.45, 2.75) is 179 Å². The summed E-state index contributed by atoms with van der Waals surface area (Å²) >= 11 is 0. The minimum Gasteiger partial charge on any atom is -0.459 e. The maximum absolute atomic E-state index is 14.1. The molecule has 3 heterocycles. The van der Waals surface area contributed by atoms with Crippen LogP contribution in [0.3, 0.4) is 0 Å². The Morgan fingerprint density at radius 1 is 0.882 bits per heavy atom. The van der Waals surface area contributed by atoms with Crippen LogP contribution in [0.1, 0.15) is 94.9 Å². The minimum absolute atomic E-state index is 0.0936. The number of rotatable bonds is 7. The third-order valence-corrected chi connectivity index (χ3v) is 11.8. The number of aliphatic hydroxyl groups is 5. The van der Waals surface area contributed by atoms with Gasteiger partial charge in [-0.25, -0.2) is 0 Å². The zero-order chi connectivity index (χ0) is 39.0. The van der Waals surface area contributed by atoms with Crippen molar-refractivity contribution < 1.29 is 63.5 Å². The molecule has 3 aliphatic heterocycles. The van der Waals surface area contributed by atoms with Gasteiger partial charge in [0.05, 0.1) is 47.6 Å². The Morgan fingerprint density at radius 3 is 2.04 bits per heavy atom. The molecule has 0 bridgehead atoms. The molecular weight excluding hydrogens is 666 g/mol. The van der Waals surface area contributed by atoms with Crippen molar-refractivity contribution >= 4 is 11.8 Å². The molecule has 298 valence electrons. The van der Waals surface area contributed by atoms with E-state index in [9.17, 15) is 35.1 Å². The molecule has 5 N–H and O–H groups in total. The Labute approximate surface area is 304 Å². The van der Waals surface area contributed by atoms with Crippen molar-refractivity contribution in [3.63, 3.8) is 0 Å². The van der Waals surface area contributed by atoms with Gasteiger partial charge in [-0.1, -0.05) is 27.7 Å². The maximum atomic E-state index is 14.1. The summed E-state index contributed by atoms with van der Waals surface area (Å²) in [4.78, 5) is 29.8. The molecule has 0 aromatic heterocycles. The van der Waals surface area contributed by atoms with E-state index in [-0.39, 0.29) is 31.4 Å². The summed E-state index contributed by atoms with van der Waals surface area (Å²) in [5, 5.41) is 57.6. The van der Waals surface area contributed by atoms with Crippen LogP contribution in [-0.4, -0.2) is 148 Å². The van der Waals surface area contributed by atoms with Gasteiger partial charge in [0.2, 0.25) is 0 Å². The maximum Gasteiger partial charge on any atom is 0.311 e. The van der Waals surface area contributed by atoms with Crippen molar-refractivity contribution in [1.82, 2.24) is 4.90 Å². The molecule has 0 unspecified atom stereocenters. The molecule has 0 aromatic carbocycles. The lowest BCUT2D eigenvalue weighted by atomic mass is 9.74. The summed E-state index contributed by atoms with van der Waals surface area (Å²) in [6.45, 7) is 16.3. The fourth-order valence-electron chi connectivity index (χ4n) is 8.41. The second kappa shape index (κ2) is 17.0. The normalized spacial score (nSPS) is 49.7. The van der Waals surface area contributed by atoms with Gasteiger partial charge in [-0.15, -0.1) is 0 Å². The second-order valence-corrected chi connectivity index (χ2v) is 16.5. The smallest absolute Gasteiger partial charge is 0.311 e. The van der Waals surface area contributed by atoms with Gasteiger partial charge in [-0.2, -0.15) is 0 Å². The van der Waals surface area contributed by atoms with E-state index in [2.05, 4.69) is 0 Å². The van der Waals surface area contributed by atoms with Crippen LogP contribution in [0.5, 0.6) is 0 Å². The summed E-state index contributed by atoms with van der Waals surface area (Å²) in [6.07, 6.45) is -9.71. The summed E-state index contributed by atoms with van der Waals surface area (Å²) in [6, 6.07) is -0.324. The average Bonchev–Trinajstić information content (AvgIpc) is 3.05. The van der Waals surface area contributed by atoms with Crippen molar-refractivity contribution in [2.24, 2.45) is 23.7 Å². The first-order valence-electron chi connectivity index (χ1n) is 18.5. The number of cyclic esters (lactones) is 1. The van der Waals surface area contributed by atoms with E-state index >= 15 is 0 Å². The van der Waals surface area contributed by atoms with Gasteiger partial charge in [-0.05, 0) is 74.9 Å². The molecule has 0 aromatic rings. The Kier molecular flexibility index (Phi) is 14.7. The number of ether oxygens (including phenoxy) is 6. The average molecular weight is 734 g/mol. The summed E-state index contributed by atoms with van der Waals surface area (Å²) in [5.74, 6) is -4.98. The Hall–Kier alpha value is -1.30. The molecule has 3 aliphatic rings. The number of carbonyl (C=O) groups is 2. The van der Waals surface area contributed by atoms with Crippen LogP contribution in [0, 0.1) is 23.7 Å². The first kappa shape index (κ1) is 44.1. The van der Waals surface area contributed by atoms with E-state index in [4.69, 9.17) is 28.4 Å². The molecule has 14 nitrogen and oxygen atoms in total. The van der Waals surface area contributed by atoms with Gasteiger partial charge in [-0.3, -0.25) is 9.59 Å². The van der Waals surface area contributed by atoms with Crippen LogP contribution in [0.25, 0.3) is 0 Å². The topological polar surface area (TPSA) is 194 Å². The van der Waals surface area contributed by atoms with Crippen molar-refractivity contribution in [1.29, 1.82) is 0 Å². The van der Waals surface area contributed by atoms with E-state index in [1.165, 1.54) is 27.9 Å². The Balaban J connectivity index is 2.18. The van der Waals surface area contributed by atoms with E-state index in [1.807, 2.05) is 25.9 Å². The molecular formula is C37H67NO13. The highest BCUT2D eigenvalue weighted by Crippen LogP contribution is 2.40. The van der Waals surface area contributed by atoms with Crippen molar-refractivity contribution in [3.05, 3.63) is 0 Å². The SMILES string of the molecule is CC[C@H]1OC(=O)[C@H](C)[C@@H](O[C@H]2C[C@@](C)(OC)[C@H](O)[C@H](C)O2)[C@H](C)[C@@H](O[C@@H]2O[C@H](C)C[C@H](N(C)C)[C@H]2O)[C@](C)(O)C[C@@H](C)C(=O)[C@H](C)[C@@H](O)[C@]1(C)O. The zero-order valence-corrected chi connectivity index (χ0v) is 32.9. The van der Waals surface area contributed by atoms with Crippen LogP contribution >= 0.6 is 0 Å². The predicted molar refractivity (Wildman–Crippen MR) is 186 cm³/mol. The van der Waals surface area contributed by atoms with Crippen molar-refractivity contribution in [2.75, 3.05) is 21.2 Å². The van der Waals surface area contributed by atoms with Gasteiger partial charge in [0.15, 0.2) is 12.6 Å². The number of methoxy groups -OCH3 is 1. The third-order valence-electron chi connectivity index (χ3n) is 11.8. The monoisotopic (exact) mass is 733 g/mol. The van der Waals surface area contributed by atoms with Gasteiger partial charge < -0.3 is 58.9 Å². The van der Waals surface area contributed by atoms with E-state index in [1.54, 1.807) is 41.5 Å². The number of likely N-dealkylation sites (N-methyl/N-ethyl adjacent to an activating group) is 1. The molecule has 0 saturated carbocycles. The summed E-state index contributed by atoms with van der Waals surface area (Å²) < 4.78 is 37.1. The quantitative estimate of drug-likeness (QED) is 0.238. The number of carbonyl (C=O) groups excluding carboxylic acids is 2. The van der Waals surface area contributed by atoms with E-state index < -0.39 is 108 Å². The number of Topliss-reactive ketones (excluding diaryl/α,β-unsaturated/α-hetero) is 1. The highest BCUT2D eigenvalue weighted by atomic mass is 16.7. The van der Waals surface area contributed by atoms with Gasteiger partial charge in [0.1, 0.15) is 29.7 Å². The number of aliphatic hydroxyl groups excluding tert-OH is 3. The highest BCUT2D eigenvalue weighted by Gasteiger charge is 2.53. The number of nitrogens with zero attached hydrogens (tertiary/aromatic N) is 1. The number of esters is 1. The lowest BCUT2D eigenvalue weighted by Gasteiger charge is -2.49. The number of ketones is 1. The molecule has 3 saturated heterocycles. The van der Waals surface area contributed by atoms with E-state index in [0.29, 0.717) is 6.42 Å². The van der Waals surface area contributed by atoms with E-state index in [0.717, 1.165) is 0 Å². The van der Waals surface area contributed by atoms with Gasteiger partial charge in [0.25, 0.3) is 0 Å². The molecule has 3 rings (SSSR count). The first-order chi connectivity index (χ1) is 23.4. The molecule has 0 radical (unpaired) electrons. The van der Waals surface area contributed by atoms with Crippen LogP contribution in [0.2, 0.25) is 0 Å². The lowest BCUT2D eigenvalue weighted by Crippen LogP contribution is -2.61. The standard InChI is InChI=1S/C37H67NO13/c1-14-25-37(10,45)30(41)20(4)27(39)18(2)16-35(8,44)32(51-34-28(40)24(38(11)12)15-19(3)47-34)21(5)29(22(6)33(43)49-25)50-26-17-36(9,46-13)31(42)23(7)48-26/h18-26,28-32,34,40-42,44-45H,14-17H2,1-13H3/t18-,19-,20+,21+,22-,23+,24+,25-,26+,28-,29+,30-,31-,32-,34+,35-,36-,37-/m1/s1. The Morgan fingerprint density at radius 2 is 1.49 bits per heavy atom. The first-order valence-corrected chi connectivity index (χ1v) is 18.5. The fourth-order valence-corrected chi connectivity index (χ4v) is 8.41. The molecule has 0 aliphatic carbocycles. The second-order valence-electron chi connectivity index (χ2n) is 16.5. The Bertz CT molecular complexity index is 1170. The molecule has 0 amide bonds. The van der Waals surface area contributed by atoms with Crippen LogP contribution in [0.4, 0.5) is 0 Å². The third kappa shape index (κ3) is 9.51. The summed E-state index contributed by atoms with van der Waals surface area (Å²) in [7, 11) is 5.18. The largest absolute Gasteiger partial charge is 0.459 e. The molecule has 3 fully saturated rings. The molecule has 0 spiro atoms. The minimum atomic E-state index is -1.99. The van der Waals surface area contributed by atoms with Gasteiger partial charge in [0, 0.05) is 37.3 Å². The number of hydrogen-bond acceptors (Lipinski definition) is 14. The molecule has 51 heavy (non-hydrogen) atoms. The highest BCUT2D eigenvalue weighted by molar-refractivity contribution is 5.83. The number of hydrogen-bond donors (Lipinski definition) is 5. The van der Waals surface area contributed by atoms with Gasteiger partial charge >= 0.3 is 5.97 Å². The van der Waals surface area contributed by atoms with Crippen molar-refractivity contribution in [3.8, 4) is 0 Å².